The Morgan fingerprint density at radius 2 is 1.96 bits per heavy atom. The SMILES string of the molecule is CC(C)(C)OC(=O)NCC(=O)N1C(=O)OC[C@@H]1Cc1ccccc1. The van der Waals surface area contributed by atoms with Crippen molar-refractivity contribution in [2.75, 3.05) is 13.2 Å². The fraction of sp³-hybridized carbons (Fsp3) is 0.471. The van der Waals surface area contributed by atoms with Crippen LogP contribution in [-0.4, -0.2) is 47.8 Å². The average molecular weight is 334 g/mol. The topological polar surface area (TPSA) is 84.9 Å². The maximum Gasteiger partial charge on any atom is 0.417 e. The molecule has 0 aliphatic carbocycles. The van der Waals surface area contributed by atoms with Crippen LogP contribution < -0.4 is 5.32 Å². The van der Waals surface area contributed by atoms with E-state index in [2.05, 4.69) is 5.32 Å². The Morgan fingerprint density at radius 1 is 1.29 bits per heavy atom. The number of nitrogens with zero attached hydrogens (tertiary/aromatic N) is 1. The van der Waals surface area contributed by atoms with Crippen LogP contribution in [-0.2, 0) is 20.7 Å². The molecule has 1 heterocycles. The standard InChI is InChI=1S/C17H22N2O5/c1-17(2,3)24-15(21)18-10-14(20)19-13(11-23-16(19)22)9-12-7-5-4-6-8-12/h4-8,13H,9-11H2,1-3H3,(H,18,21)/t13-/m0/s1. The van der Waals surface area contributed by atoms with Gasteiger partial charge >= 0.3 is 12.2 Å². The molecule has 1 aliphatic rings. The molecule has 0 radical (unpaired) electrons. The minimum Gasteiger partial charge on any atom is -0.447 e. The van der Waals surface area contributed by atoms with Crippen molar-refractivity contribution in [1.29, 1.82) is 0 Å². The zero-order valence-electron chi connectivity index (χ0n) is 14.1. The number of nitrogens with one attached hydrogen (secondary N) is 1. The third-order valence-electron chi connectivity index (χ3n) is 3.33. The Bertz CT molecular complexity index is 609. The summed E-state index contributed by atoms with van der Waals surface area (Å²) in [5.41, 5.74) is 0.342. The van der Waals surface area contributed by atoms with Gasteiger partial charge in [0.15, 0.2) is 0 Å². The maximum atomic E-state index is 12.3. The van der Waals surface area contributed by atoms with Gasteiger partial charge in [0.05, 0.1) is 6.04 Å². The number of cyclic esters (lactones) is 1. The molecular formula is C17H22N2O5. The van der Waals surface area contributed by atoms with Crippen LogP contribution in [0.1, 0.15) is 26.3 Å². The zero-order valence-corrected chi connectivity index (χ0v) is 14.1. The first-order chi connectivity index (χ1) is 11.3. The Morgan fingerprint density at radius 3 is 2.58 bits per heavy atom. The first-order valence-corrected chi connectivity index (χ1v) is 7.76. The Hall–Kier alpha value is -2.57. The van der Waals surface area contributed by atoms with Crippen molar-refractivity contribution in [1.82, 2.24) is 10.2 Å². The normalized spacial score (nSPS) is 17.4. The molecule has 0 aromatic heterocycles. The molecule has 1 aliphatic heterocycles. The number of benzene rings is 1. The first kappa shape index (κ1) is 17.8. The molecule has 3 amide bonds. The lowest BCUT2D eigenvalue weighted by Crippen LogP contribution is -2.46. The molecule has 1 N–H and O–H groups in total. The van der Waals surface area contributed by atoms with Crippen LogP contribution in [0.2, 0.25) is 0 Å². The highest BCUT2D eigenvalue weighted by Crippen LogP contribution is 2.17. The van der Waals surface area contributed by atoms with Crippen molar-refractivity contribution in [3.05, 3.63) is 35.9 Å². The van der Waals surface area contributed by atoms with Gasteiger partial charge in [-0.05, 0) is 32.8 Å². The summed E-state index contributed by atoms with van der Waals surface area (Å²) >= 11 is 0. The molecule has 0 bridgehead atoms. The van der Waals surface area contributed by atoms with Gasteiger partial charge in [-0.25, -0.2) is 14.5 Å². The van der Waals surface area contributed by atoms with Crippen LogP contribution in [0, 0.1) is 0 Å². The molecule has 0 unspecified atom stereocenters. The van der Waals surface area contributed by atoms with Gasteiger partial charge in [0, 0.05) is 0 Å². The average Bonchev–Trinajstić information content (AvgIpc) is 2.85. The smallest absolute Gasteiger partial charge is 0.417 e. The molecule has 1 atom stereocenters. The van der Waals surface area contributed by atoms with Gasteiger partial charge in [-0.3, -0.25) is 4.79 Å². The zero-order chi connectivity index (χ0) is 17.7. The number of carbonyl (C=O) groups is 3. The summed E-state index contributed by atoms with van der Waals surface area (Å²) in [6.45, 7) is 4.99. The van der Waals surface area contributed by atoms with Crippen LogP contribution in [0.5, 0.6) is 0 Å². The summed E-state index contributed by atoms with van der Waals surface area (Å²) in [4.78, 5) is 36.8. The van der Waals surface area contributed by atoms with E-state index < -0.39 is 23.7 Å². The highest BCUT2D eigenvalue weighted by atomic mass is 16.6. The van der Waals surface area contributed by atoms with Crippen molar-refractivity contribution in [3.8, 4) is 0 Å². The predicted octanol–water partition coefficient (Wildman–Crippen LogP) is 2.10. The number of alkyl carbamates (subject to hydrolysis) is 1. The van der Waals surface area contributed by atoms with E-state index in [0.29, 0.717) is 6.42 Å². The van der Waals surface area contributed by atoms with Crippen molar-refractivity contribution < 1.29 is 23.9 Å². The van der Waals surface area contributed by atoms with Gasteiger partial charge < -0.3 is 14.8 Å². The summed E-state index contributed by atoms with van der Waals surface area (Å²) in [5, 5.41) is 2.36. The number of carbonyl (C=O) groups excluding carboxylic acids is 3. The van der Waals surface area contributed by atoms with E-state index in [0.717, 1.165) is 10.5 Å². The summed E-state index contributed by atoms with van der Waals surface area (Å²) < 4.78 is 10.0. The van der Waals surface area contributed by atoms with E-state index in [-0.39, 0.29) is 19.2 Å². The predicted molar refractivity (Wildman–Crippen MR) is 86.4 cm³/mol. The molecule has 2 rings (SSSR count). The van der Waals surface area contributed by atoms with E-state index in [1.165, 1.54) is 0 Å². The molecule has 130 valence electrons. The minimum absolute atomic E-state index is 0.145. The van der Waals surface area contributed by atoms with Crippen molar-refractivity contribution in [2.45, 2.75) is 38.8 Å². The van der Waals surface area contributed by atoms with Gasteiger partial charge in [-0.1, -0.05) is 30.3 Å². The fourth-order valence-electron chi connectivity index (χ4n) is 2.35. The maximum absolute atomic E-state index is 12.3. The molecule has 1 aromatic rings. The number of imide groups is 1. The highest BCUT2D eigenvalue weighted by Gasteiger charge is 2.37. The van der Waals surface area contributed by atoms with Crippen molar-refractivity contribution in [2.24, 2.45) is 0 Å². The van der Waals surface area contributed by atoms with Gasteiger partial charge in [0.2, 0.25) is 0 Å². The van der Waals surface area contributed by atoms with Crippen LogP contribution in [0.15, 0.2) is 30.3 Å². The Labute approximate surface area is 140 Å². The van der Waals surface area contributed by atoms with E-state index in [1.54, 1.807) is 20.8 Å². The molecular weight excluding hydrogens is 312 g/mol. The van der Waals surface area contributed by atoms with Gasteiger partial charge in [-0.15, -0.1) is 0 Å². The number of hydrogen-bond acceptors (Lipinski definition) is 5. The molecule has 24 heavy (non-hydrogen) atoms. The molecule has 7 nitrogen and oxygen atoms in total. The first-order valence-electron chi connectivity index (χ1n) is 7.76. The Balaban J connectivity index is 1.93. The summed E-state index contributed by atoms with van der Waals surface area (Å²) in [6.07, 6.45) is -0.889. The summed E-state index contributed by atoms with van der Waals surface area (Å²) in [7, 11) is 0. The molecule has 7 heteroatoms. The molecule has 0 spiro atoms. The lowest BCUT2D eigenvalue weighted by Gasteiger charge is -2.22. The minimum atomic E-state index is -0.706. The van der Waals surface area contributed by atoms with Gasteiger partial charge in [0.25, 0.3) is 5.91 Å². The summed E-state index contributed by atoms with van der Waals surface area (Å²) in [5.74, 6) is -0.524. The van der Waals surface area contributed by atoms with E-state index in [9.17, 15) is 14.4 Å². The van der Waals surface area contributed by atoms with Gasteiger partial charge in [0.1, 0.15) is 18.8 Å². The van der Waals surface area contributed by atoms with Gasteiger partial charge in [-0.2, -0.15) is 0 Å². The molecule has 1 fully saturated rings. The molecule has 0 saturated carbocycles. The monoisotopic (exact) mass is 334 g/mol. The second kappa shape index (κ2) is 7.33. The second-order valence-corrected chi connectivity index (χ2v) is 6.54. The number of amides is 3. The largest absolute Gasteiger partial charge is 0.447 e. The van der Waals surface area contributed by atoms with Crippen LogP contribution in [0.3, 0.4) is 0 Å². The second-order valence-electron chi connectivity index (χ2n) is 6.54. The van der Waals surface area contributed by atoms with Crippen LogP contribution >= 0.6 is 0 Å². The lowest BCUT2D eigenvalue weighted by atomic mass is 10.1. The van der Waals surface area contributed by atoms with Crippen molar-refractivity contribution in [3.63, 3.8) is 0 Å². The van der Waals surface area contributed by atoms with E-state index in [1.807, 2.05) is 30.3 Å². The third-order valence-corrected chi connectivity index (χ3v) is 3.33. The fourth-order valence-corrected chi connectivity index (χ4v) is 2.35. The van der Waals surface area contributed by atoms with Crippen molar-refractivity contribution >= 4 is 18.1 Å². The quantitative estimate of drug-likeness (QED) is 0.911. The van der Waals surface area contributed by atoms with Crippen LogP contribution in [0.4, 0.5) is 9.59 Å². The third kappa shape index (κ3) is 4.97. The van der Waals surface area contributed by atoms with Crippen LogP contribution in [0.25, 0.3) is 0 Å². The Kier molecular flexibility index (Phi) is 5.43. The van der Waals surface area contributed by atoms with E-state index in [4.69, 9.17) is 9.47 Å². The highest BCUT2D eigenvalue weighted by molar-refractivity contribution is 5.95. The molecule has 1 aromatic carbocycles. The number of ether oxygens (including phenoxy) is 2. The summed E-state index contributed by atoms with van der Waals surface area (Å²) in [6, 6.07) is 9.14. The number of rotatable bonds is 4. The molecule has 1 saturated heterocycles. The number of hydrogen-bond donors (Lipinski definition) is 1. The lowest BCUT2D eigenvalue weighted by molar-refractivity contribution is -0.128. The van der Waals surface area contributed by atoms with E-state index >= 15 is 0 Å².